The molecule has 0 aliphatic heterocycles. The lowest BCUT2D eigenvalue weighted by molar-refractivity contribution is 0.407. The van der Waals surface area contributed by atoms with E-state index in [1.165, 1.54) is 6.08 Å². The molecule has 0 heterocycles. The van der Waals surface area contributed by atoms with Crippen LogP contribution in [0, 0.1) is 0 Å². The van der Waals surface area contributed by atoms with Gasteiger partial charge in [0.2, 0.25) is 0 Å². The van der Waals surface area contributed by atoms with Crippen molar-refractivity contribution in [2.75, 3.05) is 0 Å². The molecular weight excluding hydrogens is 195 g/mol. The predicted octanol–water partition coefficient (Wildman–Crippen LogP) is 3.86. The summed E-state index contributed by atoms with van der Waals surface area (Å²) < 4.78 is 0. The minimum absolute atomic E-state index is 0.244. The first-order chi connectivity index (χ1) is 5.61. The zero-order valence-electron chi connectivity index (χ0n) is 6.61. The fraction of sp³-hybridized carbons (Fsp3) is 0.333. The highest BCUT2D eigenvalue weighted by Gasteiger charge is 2.12. The average Bonchev–Trinajstić information content (AvgIpc) is 1.82. The molecule has 0 aromatic carbocycles. The Labute approximate surface area is 82.0 Å². The van der Waals surface area contributed by atoms with E-state index in [1.807, 2.05) is 0 Å². The summed E-state index contributed by atoms with van der Waals surface area (Å²) in [5.74, 6) is 0.244. The third kappa shape index (κ3) is 2.29. The number of allylic oxidation sites excluding steroid dienone is 4. The van der Waals surface area contributed by atoms with E-state index in [0.717, 1.165) is 24.8 Å². The van der Waals surface area contributed by atoms with Crippen molar-refractivity contribution in [3.8, 4) is 0 Å². The van der Waals surface area contributed by atoms with Crippen LogP contribution in [0.25, 0.3) is 0 Å². The smallest absolute Gasteiger partial charge is 0.116 e. The summed E-state index contributed by atoms with van der Waals surface area (Å²) in [6, 6.07) is 0. The van der Waals surface area contributed by atoms with Crippen molar-refractivity contribution < 1.29 is 5.11 Å². The van der Waals surface area contributed by atoms with Gasteiger partial charge >= 0.3 is 0 Å². The molecule has 1 aliphatic carbocycles. The van der Waals surface area contributed by atoms with E-state index in [2.05, 4.69) is 6.58 Å². The van der Waals surface area contributed by atoms with E-state index in [-0.39, 0.29) is 10.8 Å². The topological polar surface area (TPSA) is 20.2 Å². The second-order valence-electron chi connectivity index (χ2n) is 2.74. The van der Waals surface area contributed by atoms with Crippen LogP contribution in [0.4, 0.5) is 0 Å². The van der Waals surface area contributed by atoms with Gasteiger partial charge in [0, 0.05) is 0 Å². The maximum atomic E-state index is 9.41. The second-order valence-corrected chi connectivity index (χ2v) is 3.60. The molecule has 0 aromatic heterocycles. The zero-order valence-corrected chi connectivity index (χ0v) is 8.12. The van der Waals surface area contributed by atoms with Crippen molar-refractivity contribution in [1.29, 1.82) is 0 Å². The molecular formula is C9H10Cl2O. The van der Waals surface area contributed by atoms with Gasteiger partial charge in [-0.25, -0.2) is 0 Å². The van der Waals surface area contributed by atoms with E-state index < -0.39 is 0 Å². The normalized spacial score (nSPS) is 17.2. The van der Waals surface area contributed by atoms with Crippen LogP contribution in [0.15, 0.2) is 34.1 Å². The Morgan fingerprint density at radius 2 is 2.00 bits per heavy atom. The van der Waals surface area contributed by atoms with Crippen molar-refractivity contribution in [3.05, 3.63) is 34.1 Å². The molecule has 0 atom stereocenters. The highest BCUT2D eigenvalue weighted by molar-refractivity contribution is 6.43. The molecule has 0 unspecified atom stereocenters. The van der Waals surface area contributed by atoms with Crippen LogP contribution in [0.5, 0.6) is 0 Å². The van der Waals surface area contributed by atoms with Gasteiger partial charge in [0.15, 0.2) is 0 Å². The third-order valence-corrected chi connectivity index (χ3v) is 2.48. The number of hydrogen-bond acceptors (Lipinski definition) is 1. The molecule has 12 heavy (non-hydrogen) atoms. The summed E-state index contributed by atoms with van der Waals surface area (Å²) in [6.07, 6.45) is 4.51. The van der Waals surface area contributed by atoms with Gasteiger partial charge in [-0.3, -0.25) is 0 Å². The first-order valence-corrected chi connectivity index (χ1v) is 4.50. The number of aliphatic hydroxyl groups is 1. The molecule has 0 aromatic rings. The number of aliphatic hydroxyl groups excluding tert-OH is 1. The van der Waals surface area contributed by atoms with Gasteiger partial charge in [0.25, 0.3) is 0 Å². The van der Waals surface area contributed by atoms with E-state index in [1.54, 1.807) is 0 Å². The summed E-state index contributed by atoms with van der Waals surface area (Å²) in [5.41, 5.74) is 1.05. The van der Waals surface area contributed by atoms with E-state index in [4.69, 9.17) is 23.2 Å². The molecule has 3 heteroatoms. The molecule has 66 valence electrons. The van der Waals surface area contributed by atoms with Crippen LogP contribution in [0.3, 0.4) is 0 Å². The molecule has 1 saturated carbocycles. The lowest BCUT2D eigenvalue weighted by Crippen LogP contribution is -2.00. The molecule has 1 rings (SSSR count). The van der Waals surface area contributed by atoms with Crippen LogP contribution < -0.4 is 0 Å². The molecule has 1 aliphatic rings. The highest BCUT2D eigenvalue weighted by Crippen LogP contribution is 2.29. The summed E-state index contributed by atoms with van der Waals surface area (Å²) in [6.45, 7) is 3.44. The molecule has 0 saturated heterocycles. The summed E-state index contributed by atoms with van der Waals surface area (Å²) in [4.78, 5) is 0. The third-order valence-electron chi connectivity index (χ3n) is 1.84. The second kappa shape index (κ2) is 4.01. The number of hydrogen-bond donors (Lipinski definition) is 1. The van der Waals surface area contributed by atoms with Crippen molar-refractivity contribution >= 4 is 23.2 Å². The van der Waals surface area contributed by atoms with E-state index in [0.29, 0.717) is 5.03 Å². The molecule has 1 N–H and O–H groups in total. The van der Waals surface area contributed by atoms with Crippen LogP contribution in [-0.2, 0) is 0 Å². The van der Waals surface area contributed by atoms with Gasteiger partial charge in [-0.1, -0.05) is 29.8 Å². The Hall–Kier alpha value is -0.400. The van der Waals surface area contributed by atoms with Gasteiger partial charge in [-0.2, -0.15) is 0 Å². The van der Waals surface area contributed by atoms with Crippen molar-refractivity contribution in [2.24, 2.45) is 0 Å². The minimum atomic E-state index is 0.244. The van der Waals surface area contributed by atoms with Crippen molar-refractivity contribution in [1.82, 2.24) is 0 Å². The Kier molecular flexibility index (Phi) is 3.24. The molecule has 0 spiro atoms. The first-order valence-electron chi connectivity index (χ1n) is 3.74. The summed E-state index contributed by atoms with van der Waals surface area (Å²) in [5, 5.41) is 9.96. The monoisotopic (exact) mass is 204 g/mol. The average molecular weight is 205 g/mol. The summed E-state index contributed by atoms with van der Waals surface area (Å²) in [7, 11) is 0. The Bertz CT molecular complexity index is 258. The highest BCUT2D eigenvalue weighted by atomic mass is 35.5. The Morgan fingerprint density at radius 1 is 1.42 bits per heavy atom. The lowest BCUT2D eigenvalue weighted by atomic mass is 9.91. The predicted molar refractivity (Wildman–Crippen MR) is 52.4 cm³/mol. The number of rotatable bonds is 2. The van der Waals surface area contributed by atoms with E-state index >= 15 is 0 Å². The summed E-state index contributed by atoms with van der Waals surface area (Å²) >= 11 is 11.2. The van der Waals surface area contributed by atoms with Crippen molar-refractivity contribution in [3.63, 3.8) is 0 Å². The number of halogens is 2. The molecule has 0 amide bonds. The fourth-order valence-corrected chi connectivity index (χ4v) is 1.07. The molecule has 1 fully saturated rings. The fourth-order valence-electron chi connectivity index (χ4n) is 0.910. The van der Waals surface area contributed by atoms with Crippen molar-refractivity contribution in [2.45, 2.75) is 19.3 Å². The van der Waals surface area contributed by atoms with Crippen LogP contribution in [0.2, 0.25) is 0 Å². The largest absolute Gasteiger partial charge is 0.508 e. The molecule has 1 nitrogen and oxygen atoms in total. The quantitative estimate of drug-likeness (QED) is 0.536. The van der Waals surface area contributed by atoms with Crippen LogP contribution in [-0.4, -0.2) is 5.11 Å². The van der Waals surface area contributed by atoms with Crippen LogP contribution in [0.1, 0.15) is 19.3 Å². The van der Waals surface area contributed by atoms with Gasteiger partial charge in [0.05, 0.1) is 10.1 Å². The lowest BCUT2D eigenvalue weighted by Gasteiger charge is -2.16. The minimum Gasteiger partial charge on any atom is -0.508 e. The van der Waals surface area contributed by atoms with Gasteiger partial charge in [-0.05, 0) is 30.9 Å². The van der Waals surface area contributed by atoms with E-state index in [9.17, 15) is 5.11 Å². The Balaban J connectivity index is 2.72. The van der Waals surface area contributed by atoms with Gasteiger partial charge in [0.1, 0.15) is 5.76 Å². The zero-order chi connectivity index (χ0) is 9.14. The first kappa shape index (κ1) is 9.69. The molecule has 0 bridgehead atoms. The van der Waals surface area contributed by atoms with Gasteiger partial charge in [-0.15, -0.1) is 0 Å². The van der Waals surface area contributed by atoms with Gasteiger partial charge < -0.3 is 5.11 Å². The standard InChI is InChI=1S/C9H10Cl2O/c1-6(10)8(11)5-9(12)7-3-2-4-7/h5,12H,1-4H2/b8-5-. The maximum Gasteiger partial charge on any atom is 0.116 e. The SMILES string of the molecule is C=C(Cl)/C(Cl)=C/C(O)=C1CCC1. The molecule has 0 radical (unpaired) electrons. The Morgan fingerprint density at radius 3 is 2.33 bits per heavy atom. The maximum absolute atomic E-state index is 9.41. The van der Waals surface area contributed by atoms with Crippen LogP contribution >= 0.6 is 23.2 Å².